The lowest BCUT2D eigenvalue weighted by molar-refractivity contribution is -0.151. The number of carbonyl (C=O) groups excluding carboxylic acids is 1. The van der Waals surface area contributed by atoms with Gasteiger partial charge in [0, 0.05) is 17.7 Å². The van der Waals surface area contributed by atoms with E-state index in [1.807, 2.05) is 13.8 Å². The Kier molecular flexibility index (Phi) is 6.45. The van der Waals surface area contributed by atoms with Crippen molar-refractivity contribution in [3.05, 3.63) is 29.6 Å². The Labute approximate surface area is 119 Å². The van der Waals surface area contributed by atoms with E-state index in [1.54, 1.807) is 26.1 Å². The standard InChI is InChI=1S/C15H22FNO3/c1-5-14(15(18)19-6-2)20-11-7-8-12(10(3)17-4)13(16)9-11/h7-10,14,17H,5-6H2,1-4H3. The molecule has 0 bridgehead atoms. The molecule has 0 fully saturated rings. The minimum Gasteiger partial charge on any atom is -0.479 e. The fraction of sp³-hybridized carbons (Fsp3) is 0.533. The highest BCUT2D eigenvalue weighted by molar-refractivity contribution is 5.75. The van der Waals surface area contributed by atoms with Gasteiger partial charge in [0.05, 0.1) is 6.61 Å². The van der Waals surface area contributed by atoms with Gasteiger partial charge in [0.15, 0.2) is 6.10 Å². The SMILES string of the molecule is CCOC(=O)C(CC)Oc1ccc(C(C)NC)c(F)c1. The van der Waals surface area contributed by atoms with Crippen LogP contribution in [0.2, 0.25) is 0 Å². The summed E-state index contributed by atoms with van der Waals surface area (Å²) in [5.74, 6) is -0.458. The van der Waals surface area contributed by atoms with Gasteiger partial charge in [0.25, 0.3) is 0 Å². The molecule has 4 nitrogen and oxygen atoms in total. The number of hydrogen-bond donors (Lipinski definition) is 1. The van der Waals surface area contributed by atoms with Gasteiger partial charge in [-0.3, -0.25) is 0 Å². The van der Waals surface area contributed by atoms with E-state index in [0.29, 0.717) is 24.3 Å². The van der Waals surface area contributed by atoms with Gasteiger partial charge < -0.3 is 14.8 Å². The molecule has 0 amide bonds. The van der Waals surface area contributed by atoms with Crippen LogP contribution in [-0.2, 0) is 9.53 Å². The van der Waals surface area contributed by atoms with Crippen molar-refractivity contribution in [2.24, 2.45) is 0 Å². The van der Waals surface area contributed by atoms with Crippen molar-refractivity contribution in [2.75, 3.05) is 13.7 Å². The lowest BCUT2D eigenvalue weighted by Crippen LogP contribution is -2.28. The lowest BCUT2D eigenvalue weighted by Gasteiger charge is -2.17. The van der Waals surface area contributed by atoms with Crippen LogP contribution in [0, 0.1) is 5.82 Å². The molecular formula is C15H22FNO3. The topological polar surface area (TPSA) is 47.6 Å². The highest BCUT2D eigenvalue weighted by atomic mass is 19.1. The molecule has 1 aromatic rings. The van der Waals surface area contributed by atoms with E-state index < -0.39 is 12.1 Å². The van der Waals surface area contributed by atoms with Crippen molar-refractivity contribution in [3.63, 3.8) is 0 Å². The van der Waals surface area contributed by atoms with E-state index in [0.717, 1.165) is 0 Å². The first-order valence-corrected chi connectivity index (χ1v) is 6.83. The maximum atomic E-state index is 14.0. The van der Waals surface area contributed by atoms with E-state index in [2.05, 4.69) is 5.32 Å². The van der Waals surface area contributed by atoms with E-state index >= 15 is 0 Å². The van der Waals surface area contributed by atoms with Gasteiger partial charge in [0.1, 0.15) is 11.6 Å². The Hall–Kier alpha value is -1.62. The Morgan fingerprint density at radius 3 is 2.60 bits per heavy atom. The fourth-order valence-electron chi connectivity index (χ4n) is 1.79. The molecule has 0 saturated carbocycles. The number of ether oxygens (including phenoxy) is 2. The summed E-state index contributed by atoms with van der Waals surface area (Å²) in [5.41, 5.74) is 0.559. The molecule has 0 aromatic heterocycles. The normalized spacial score (nSPS) is 13.7. The van der Waals surface area contributed by atoms with Gasteiger partial charge in [-0.2, -0.15) is 0 Å². The third-order valence-corrected chi connectivity index (χ3v) is 3.07. The minimum atomic E-state index is -0.707. The van der Waals surface area contributed by atoms with Crippen LogP contribution in [0.3, 0.4) is 0 Å². The molecule has 0 radical (unpaired) electrons. The number of halogens is 1. The zero-order valence-electron chi connectivity index (χ0n) is 12.4. The summed E-state index contributed by atoms with van der Waals surface area (Å²) in [5, 5.41) is 2.97. The number of hydrogen-bond acceptors (Lipinski definition) is 4. The molecule has 0 saturated heterocycles. The smallest absolute Gasteiger partial charge is 0.347 e. The molecule has 20 heavy (non-hydrogen) atoms. The number of benzene rings is 1. The molecule has 5 heteroatoms. The van der Waals surface area contributed by atoms with Gasteiger partial charge >= 0.3 is 5.97 Å². The quantitative estimate of drug-likeness (QED) is 0.782. The van der Waals surface area contributed by atoms with E-state index in [1.165, 1.54) is 6.07 Å². The van der Waals surface area contributed by atoms with Crippen LogP contribution < -0.4 is 10.1 Å². The molecule has 0 spiro atoms. The molecule has 1 N–H and O–H groups in total. The number of nitrogens with one attached hydrogen (secondary N) is 1. The van der Waals surface area contributed by atoms with Gasteiger partial charge in [-0.05, 0) is 33.4 Å². The molecule has 0 heterocycles. The van der Waals surface area contributed by atoms with Crippen LogP contribution in [0.5, 0.6) is 5.75 Å². The van der Waals surface area contributed by atoms with Crippen LogP contribution in [0.4, 0.5) is 4.39 Å². The number of esters is 1. The lowest BCUT2D eigenvalue weighted by atomic mass is 10.1. The molecule has 1 rings (SSSR count). The van der Waals surface area contributed by atoms with Gasteiger partial charge in [0.2, 0.25) is 0 Å². The van der Waals surface area contributed by atoms with Gasteiger partial charge in [-0.25, -0.2) is 9.18 Å². The first-order chi connectivity index (χ1) is 9.53. The van der Waals surface area contributed by atoms with E-state index in [-0.39, 0.29) is 11.9 Å². The Bertz CT molecular complexity index is 451. The predicted molar refractivity (Wildman–Crippen MR) is 75.2 cm³/mol. The molecule has 2 unspecified atom stereocenters. The van der Waals surface area contributed by atoms with Crippen LogP contribution in [0.1, 0.15) is 38.8 Å². The second kappa shape index (κ2) is 7.85. The highest BCUT2D eigenvalue weighted by Crippen LogP contribution is 2.23. The summed E-state index contributed by atoms with van der Waals surface area (Å²) in [6, 6.07) is 4.53. The maximum absolute atomic E-state index is 14.0. The number of carbonyl (C=O) groups is 1. The fourth-order valence-corrected chi connectivity index (χ4v) is 1.79. The first kappa shape index (κ1) is 16.4. The zero-order valence-corrected chi connectivity index (χ0v) is 12.4. The van der Waals surface area contributed by atoms with Gasteiger partial charge in [-0.15, -0.1) is 0 Å². The van der Waals surface area contributed by atoms with Crippen molar-refractivity contribution in [1.82, 2.24) is 5.32 Å². The first-order valence-electron chi connectivity index (χ1n) is 6.83. The molecule has 1 aromatic carbocycles. The maximum Gasteiger partial charge on any atom is 0.347 e. The van der Waals surface area contributed by atoms with Gasteiger partial charge in [-0.1, -0.05) is 13.0 Å². The Morgan fingerprint density at radius 1 is 1.40 bits per heavy atom. The summed E-state index contributed by atoms with van der Waals surface area (Å²) in [6.07, 6.45) is -0.239. The molecular weight excluding hydrogens is 261 g/mol. The summed E-state index contributed by atoms with van der Waals surface area (Å²) in [7, 11) is 1.77. The summed E-state index contributed by atoms with van der Waals surface area (Å²) in [6.45, 7) is 5.71. The highest BCUT2D eigenvalue weighted by Gasteiger charge is 2.20. The van der Waals surface area contributed by atoms with Crippen molar-refractivity contribution in [2.45, 2.75) is 39.3 Å². The summed E-state index contributed by atoms with van der Waals surface area (Å²) in [4.78, 5) is 11.6. The minimum absolute atomic E-state index is 0.0870. The third kappa shape index (κ3) is 4.20. The molecule has 0 aliphatic heterocycles. The van der Waals surface area contributed by atoms with Crippen LogP contribution in [-0.4, -0.2) is 25.7 Å². The molecule has 112 valence electrons. The average Bonchev–Trinajstić information content (AvgIpc) is 2.44. The van der Waals surface area contributed by atoms with Crippen LogP contribution >= 0.6 is 0 Å². The average molecular weight is 283 g/mol. The van der Waals surface area contributed by atoms with Crippen LogP contribution in [0.25, 0.3) is 0 Å². The monoisotopic (exact) mass is 283 g/mol. The largest absolute Gasteiger partial charge is 0.479 e. The van der Waals surface area contributed by atoms with Crippen molar-refractivity contribution in [1.29, 1.82) is 0 Å². The van der Waals surface area contributed by atoms with Crippen molar-refractivity contribution < 1.29 is 18.7 Å². The Balaban J connectivity index is 2.82. The number of rotatable bonds is 7. The van der Waals surface area contributed by atoms with E-state index in [4.69, 9.17) is 9.47 Å². The molecule has 0 aliphatic rings. The zero-order chi connectivity index (χ0) is 15.1. The van der Waals surface area contributed by atoms with E-state index in [9.17, 15) is 9.18 Å². The summed E-state index contributed by atoms with van der Waals surface area (Å²) >= 11 is 0. The van der Waals surface area contributed by atoms with Crippen LogP contribution in [0.15, 0.2) is 18.2 Å². The Morgan fingerprint density at radius 2 is 2.10 bits per heavy atom. The second-order valence-corrected chi connectivity index (χ2v) is 4.46. The molecule has 0 aliphatic carbocycles. The van der Waals surface area contributed by atoms with Crippen molar-refractivity contribution in [3.8, 4) is 5.75 Å². The van der Waals surface area contributed by atoms with Crippen molar-refractivity contribution >= 4 is 5.97 Å². The molecule has 2 atom stereocenters. The summed E-state index contributed by atoms with van der Waals surface area (Å²) < 4.78 is 24.4. The predicted octanol–water partition coefficient (Wildman–Crippen LogP) is 2.83. The second-order valence-electron chi connectivity index (χ2n) is 4.46. The third-order valence-electron chi connectivity index (χ3n) is 3.07.